The van der Waals surface area contributed by atoms with Gasteiger partial charge >= 0.3 is 5.97 Å². The third kappa shape index (κ3) is 5.58. The van der Waals surface area contributed by atoms with Crippen molar-refractivity contribution in [3.63, 3.8) is 0 Å². The van der Waals surface area contributed by atoms with Gasteiger partial charge in [-0.05, 0) is 36.6 Å². The molecule has 1 aromatic carbocycles. The lowest BCUT2D eigenvalue weighted by Gasteiger charge is -2.23. The highest BCUT2D eigenvalue weighted by Gasteiger charge is 2.17. The molecule has 0 saturated heterocycles. The average molecular weight is 319 g/mol. The second kappa shape index (κ2) is 8.56. The molecular weight excluding hydrogens is 294 g/mol. The second-order valence-electron chi connectivity index (χ2n) is 6.17. The summed E-state index contributed by atoms with van der Waals surface area (Å²) in [6.07, 6.45) is 8.00. The van der Waals surface area contributed by atoms with E-state index in [2.05, 4.69) is 0 Å². The van der Waals surface area contributed by atoms with Gasteiger partial charge in [-0.2, -0.15) is 0 Å². The van der Waals surface area contributed by atoms with Crippen molar-refractivity contribution in [2.45, 2.75) is 44.9 Å². The van der Waals surface area contributed by atoms with Crippen LogP contribution in [0.5, 0.6) is 5.75 Å². The van der Waals surface area contributed by atoms with Crippen LogP contribution in [0.3, 0.4) is 0 Å². The fraction of sp³-hybridized carbons (Fsp3) is 0.556. The molecule has 0 spiro atoms. The van der Waals surface area contributed by atoms with Crippen LogP contribution in [0.15, 0.2) is 24.3 Å². The summed E-state index contributed by atoms with van der Waals surface area (Å²) < 4.78 is 5.09. The number of amides is 1. The molecule has 0 atom stereocenters. The first-order valence-corrected chi connectivity index (χ1v) is 8.27. The molecule has 0 radical (unpaired) electrons. The molecule has 2 rings (SSSR count). The van der Waals surface area contributed by atoms with E-state index in [1.807, 2.05) is 0 Å². The van der Waals surface area contributed by atoms with Crippen molar-refractivity contribution in [2.75, 3.05) is 18.6 Å². The molecule has 1 fully saturated rings. The molecule has 5 nitrogen and oxygen atoms in total. The van der Waals surface area contributed by atoms with Gasteiger partial charge in [-0.25, -0.2) is 4.79 Å². The maximum absolute atomic E-state index is 12.3. The number of hydrogen-bond acceptors (Lipinski definition) is 3. The van der Waals surface area contributed by atoms with Crippen molar-refractivity contribution in [2.24, 2.45) is 5.92 Å². The first kappa shape index (κ1) is 17.3. The highest BCUT2D eigenvalue weighted by molar-refractivity contribution is 5.92. The van der Waals surface area contributed by atoms with Crippen LogP contribution in [-0.2, 0) is 9.59 Å². The summed E-state index contributed by atoms with van der Waals surface area (Å²) in [5.74, 6) is 0.297. The maximum atomic E-state index is 12.3. The highest BCUT2D eigenvalue weighted by Crippen LogP contribution is 2.28. The zero-order valence-corrected chi connectivity index (χ0v) is 13.7. The number of carbonyl (C=O) groups excluding carboxylic acids is 1. The number of carboxylic acids is 1. The van der Waals surface area contributed by atoms with E-state index in [1.165, 1.54) is 32.1 Å². The van der Waals surface area contributed by atoms with Gasteiger partial charge in [0.25, 0.3) is 0 Å². The van der Waals surface area contributed by atoms with E-state index in [-0.39, 0.29) is 12.5 Å². The van der Waals surface area contributed by atoms with E-state index < -0.39 is 5.97 Å². The van der Waals surface area contributed by atoms with E-state index in [0.717, 1.165) is 12.1 Å². The van der Waals surface area contributed by atoms with Gasteiger partial charge in [-0.15, -0.1) is 0 Å². The molecule has 23 heavy (non-hydrogen) atoms. The number of ether oxygens (including phenoxy) is 1. The predicted octanol–water partition coefficient (Wildman–Crippen LogP) is 3.47. The molecule has 126 valence electrons. The number of nitrogens with zero attached hydrogens (tertiary/aromatic N) is 1. The van der Waals surface area contributed by atoms with Gasteiger partial charge in [0.1, 0.15) is 5.75 Å². The molecule has 1 aliphatic rings. The van der Waals surface area contributed by atoms with Gasteiger partial charge in [-0.3, -0.25) is 4.79 Å². The van der Waals surface area contributed by atoms with E-state index in [9.17, 15) is 9.59 Å². The second-order valence-corrected chi connectivity index (χ2v) is 6.17. The lowest BCUT2D eigenvalue weighted by molar-refractivity contribution is -0.139. The smallest absolute Gasteiger partial charge is 0.341 e. The molecule has 1 aliphatic carbocycles. The van der Waals surface area contributed by atoms with E-state index in [0.29, 0.717) is 18.1 Å². The Morgan fingerprint density at radius 1 is 1.17 bits per heavy atom. The third-order valence-electron chi connectivity index (χ3n) is 4.45. The van der Waals surface area contributed by atoms with Gasteiger partial charge in [0.05, 0.1) is 0 Å². The molecule has 0 aliphatic heterocycles. The lowest BCUT2D eigenvalue weighted by atomic mass is 9.86. The number of benzene rings is 1. The van der Waals surface area contributed by atoms with Crippen LogP contribution in [0.4, 0.5) is 5.69 Å². The summed E-state index contributed by atoms with van der Waals surface area (Å²) in [4.78, 5) is 24.4. The van der Waals surface area contributed by atoms with E-state index in [1.54, 1.807) is 36.2 Å². The van der Waals surface area contributed by atoms with Crippen LogP contribution in [0.25, 0.3) is 0 Å². The number of aliphatic carboxylic acids is 1. The van der Waals surface area contributed by atoms with Gasteiger partial charge in [0.2, 0.25) is 5.91 Å². The molecule has 5 heteroatoms. The quantitative estimate of drug-likeness (QED) is 0.835. The summed E-state index contributed by atoms with van der Waals surface area (Å²) >= 11 is 0. The van der Waals surface area contributed by atoms with Crippen LogP contribution >= 0.6 is 0 Å². The molecule has 0 heterocycles. The van der Waals surface area contributed by atoms with Crippen LogP contribution < -0.4 is 9.64 Å². The highest BCUT2D eigenvalue weighted by atomic mass is 16.5. The number of carboxylic acid groups (broad SMARTS) is 1. The van der Waals surface area contributed by atoms with Crippen molar-refractivity contribution >= 4 is 17.6 Å². The minimum Gasteiger partial charge on any atom is -0.482 e. The Bertz CT molecular complexity index is 520. The summed E-state index contributed by atoms with van der Waals surface area (Å²) in [7, 11) is 1.77. The van der Waals surface area contributed by atoms with Gasteiger partial charge in [-0.1, -0.05) is 32.1 Å². The number of rotatable bonds is 7. The largest absolute Gasteiger partial charge is 0.482 e. The number of carbonyl (C=O) groups is 2. The zero-order chi connectivity index (χ0) is 16.7. The van der Waals surface area contributed by atoms with Gasteiger partial charge in [0, 0.05) is 19.2 Å². The SMILES string of the molecule is CN(C(=O)CCC1CCCCC1)c1ccc(OCC(=O)O)cc1. The Balaban J connectivity index is 1.82. The molecule has 0 unspecified atom stereocenters. The Morgan fingerprint density at radius 2 is 1.83 bits per heavy atom. The molecule has 1 amide bonds. The van der Waals surface area contributed by atoms with Crippen molar-refractivity contribution in [1.29, 1.82) is 0 Å². The van der Waals surface area contributed by atoms with Crippen molar-refractivity contribution in [1.82, 2.24) is 0 Å². The number of hydrogen-bond donors (Lipinski definition) is 1. The third-order valence-corrected chi connectivity index (χ3v) is 4.45. The van der Waals surface area contributed by atoms with Crippen LogP contribution in [-0.4, -0.2) is 30.6 Å². The molecule has 1 N–H and O–H groups in total. The minimum absolute atomic E-state index is 0.120. The Morgan fingerprint density at radius 3 is 2.43 bits per heavy atom. The Labute approximate surface area is 137 Å². The van der Waals surface area contributed by atoms with Crippen LogP contribution in [0.2, 0.25) is 0 Å². The Hall–Kier alpha value is -2.04. The monoisotopic (exact) mass is 319 g/mol. The molecular formula is C18H25NO4. The summed E-state index contributed by atoms with van der Waals surface area (Å²) in [5, 5.41) is 8.58. The fourth-order valence-electron chi connectivity index (χ4n) is 3.03. The predicted molar refractivity (Wildman–Crippen MR) is 88.8 cm³/mol. The molecule has 0 bridgehead atoms. The Kier molecular flexibility index (Phi) is 6.44. The van der Waals surface area contributed by atoms with Crippen molar-refractivity contribution in [3.8, 4) is 5.75 Å². The molecule has 1 saturated carbocycles. The standard InChI is InChI=1S/C18H25NO4/c1-19(17(20)12-7-14-5-3-2-4-6-14)15-8-10-16(11-9-15)23-13-18(21)22/h8-11,14H,2-7,12-13H2,1H3,(H,21,22). The molecule has 0 aromatic heterocycles. The average Bonchev–Trinajstić information content (AvgIpc) is 2.58. The maximum Gasteiger partial charge on any atom is 0.341 e. The number of anilines is 1. The van der Waals surface area contributed by atoms with E-state index >= 15 is 0 Å². The van der Waals surface area contributed by atoms with Crippen molar-refractivity contribution < 1.29 is 19.4 Å². The summed E-state index contributed by atoms with van der Waals surface area (Å²) in [6.45, 7) is -0.366. The normalized spacial score (nSPS) is 15.2. The zero-order valence-electron chi connectivity index (χ0n) is 13.7. The minimum atomic E-state index is -1.01. The van der Waals surface area contributed by atoms with Crippen LogP contribution in [0, 0.1) is 5.92 Å². The fourth-order valence-corrected chi connectivity index (χ4v) is 3.03. The first-order chi connectivity index (χ1) is 11.1. The van der Waals surface area contributed by atoms with Gasteiger partial charge < -0.3 is 14.7 Å². The molecule has 1 aromatic rings. The van der Waals surface area contributed by atoms with Crippen molar-refractivity contribution in [3.05, 3.63) is 24.3 Å². The van der Waals surface area contributed by atoms with Crippen LogP contribution in [0.1, 0.15) is 44.9 Å². The first-order valence-electron chi connectivity index (χ1n) is 8.27. The topological polar surface area (TPSA) is 66.8 Å². The summed E-state index contributed by atoms with van der Waals surface area (Å²) in [6, 6.07) is 6.91. The lowest BCUT2D eigenvalue weighted by Crippen LogP contribution is -2.26. The van der Waals surface area contributed by atoms with E-state index in [4.69, 9.17) is 9.84 Å². The van der Waals surface area contributed by atoms with Gasteiger partial charge in [0.15, 0.2) is 6.61 Å². The summed E-state index contributed by atoms with van der Waals surface area (Å²) in [5.41, 5.74) is 0.793.